The van der Waals surface area contributed by atoms with Crippen molar-refractivity contribution in [3.63, 3.8) is 0 Å². The molecule has 0 saturated heterocycles. The van der Waals surface area contributed by atoms with Crippen LogP contribution < -0.4 is 11.1 Å². The van der Waals surface area contributed by atoms with Crippen molar-refractivity contribution in [2.24, 2.45) is 0 Å². The van der Waals surface area contributed by atoms with Crippen LogP contribution in [-0.4, -0.2) is 19.9 Å². The summed E-state index contributed by atoms with van der Waals surface area (Å²) in [6.45, 7) is 0. The smallest absolute Gasteiger partial charge is 0.231 e. The molecule has 0 radical (unpaired) electrons. The quantitative estimate of drug-likeness (QED) is 0.676. The molecule has 1 aromatic carbocycles. The number of fused-ring (bicyclic) bond motifs is 1. The van der Waals surface area contributed by atoms with E-state index >= 15 is 0 Å². The summed E-state index contributed by atoms with van der Waals surface area (Å²) in [6.07, 6.45) is 1.54. The molecule has 0 atom stereocenters. The van der Waals surface area contributed by atoms with E-state index in [4.69, 9.17) is 5.73 Å². The van der Waals surface area contributed by atoms with E-state index in [-0.39, 0.29) is 0 Å². The summed E-state index contributed by atoms with van der Waals surface area (Å²) in [5.41, 5.74) is 7.88. The summed E-state index contributed by atoms with van der Waals surface area (Å²) in [4.78, 5) is 15.4. The van der Waals surface area contributed by atoms with E-state index in [2.05, 4.69) is 41.2 Å². The fraction of sp³-hybridized carbons (Fsp3) is 0. The first-order valence-corrected chi connectivity index (χ1v) is 6.01. The highest BCUT2D eigenvalue weighted by molar-refractivity contribution is 9.10. The van der Waals surface area contributed by atoms with E-state index in [1.54, 1.807) is 6.33 Å². The minimum atomic E-state index is 0.372. The number of rotatable bonds is 2. The van der Waals surface area contributed by atoms with Gasteiger partial charge in [0.2, 0.25) is 5.95 Å². The molecule has 0 unspecified atom stereocenters. The first kappa shape index (κ1) is 11.0. The first-order chi connectivity index (χ1) is 8.72. The number of nitrogens with one attached hydrogen (secondary N) is 2. The van der Waals surface area contributed by atoms with Gasteiger partial charge in [-0.25, -0.2) is 4.98 Å². The predicted molar refractivity (Wildman–Crippen MR) is 73.5 cm³/mol. The molecule has 2 aromatic heterocycles. The lowest BCUT2D eigenvalue weighted by atomic mass is 10.3. The van der Waals surface area contributed by atoms with Crippen molar-refractivity contribution in [3.8, 4) is 0 Å². The Kier molecular flexibility index (Phi) is 2.60. The van der Waals surface area contributed by atoms with Crippen molar-refractivity contribution in [1.29, 1.82) is 0 Å². The van der Waals surface area contributed by atoms with Crippen molar-refractivity contribution in [3.05, 3.63) is 35.1 Å². The Balaban J connectivity index is 1.97. The van der Waals surface area contributed by atoms with Gasteiger partial charge in [-0.05, 0) is 24.3 Å². The van der Waals surface area contributed by atoms with Gasteiger partial charge in [0.25, 0.3) is 0 Å². The van der Waals surface area contributed by atoms with Crippen LogP contribution in [0.25, 0.3) is 11.2 Å². The van der Waals surface area contributed by atoms with E-state index in [1.807, 2.05) is 24.3 Å². The van der Waals surface area contributed by atoms with Gasteiger partial charge >= 0.3 is 0 Å². The van der Waals surface area contributed by atoms with Crippen LogP contribution in [0.2, 0.25) is 0 Å². The van der Waals surface area contributed by atoms with E-state index in [1.165, 1.54) is 0 Å². The Labute approximate surface area is 111 Å². The largest absolute Gasteiger partial charge is 0.382 e. The molecule has 0 amide bonds. The molecule has 3 rings (SSSR count). The Bertz CT molecular complexity index is 690. The van der Waals surface area contributed by atoms with E-state index < -0.39 is 0 Å². The minimum absolute atomic E-state index is 0.372. The molecule has 0 bridgehead atoms. The Morgan fingerprint density at radius 3 is 2.72 bits per heavy atom. The summed E-state index contributed by atoms with van der Waals surface area (Å²) < 4.78 is 1.01. The van der Waals surface area contributed by atoms with Crippen LogP contribution in [-0.2, 0) is 0 Å². The van der Waals surface area contributed by atoms with Crippen LogP contribution in [0.15, 0.2) is 35.1 Å². The van der Waals surface area contributed by atoms with Crippen LogP contribution in [0.1, 0.15) is 0 Å². The fourth-order valence-corrected chi connectivity index (χ4v) is 1.84. The highest BCUT2D eigenvalue weighted by atomic mass is 79.9. The lowest BCUT2D eigenvalue weighted by Crippen LogP contribution is -2.01. The van der Waals surface area contributed by atoms with Gasteiger partial charge in [-0.15, -0.1) is 0 Å². The number of aromatic amines is 1. The highest BCUT2D eigenvalue weighted by Crippen LogP contribution is 2.20. The molecular formula is C11H9BrN6. The molecule has 0 fully saturated rings. The second-order valence-corrected chi connectivity index (χ2v) is 4.58. The van der Waals surface area contributed by atoms with Crippen LogP contribution in [0, 0.1) is 0 Å². The van der Waals surface area contributed by atoms with E-state index in [0.29, 0.717) is 22.9 Å². The molecule has 90 valence electrons. The second-order valence-electron chi connectivity index (χ2n) is 3.67. The van der Waals surface area contributed by atoms with Crippen molar-refractivity contribution < 1.29 is 0 Å². The molecular weight excluding hydrogens is 296 g/mol. The molecule has 6 nitrogen and oxygen atoms in total. The molecule has 0 spiro atoms. The van der Waals surface area contributed by atoms with Gasteiger partial charge in [-0.2, -0.15) is 9.97 Å². The Morgan fingerprint density at radius 1 is 1.17 bits per heavy atom. The van der Waals surface area contributed by atoms with Gasteiger partial charge in [0.15, 0.2) is 11.5 Å². The maximum absolute atomic E-state index is 5.81. The zero-order chi connectivity index (χ0) is 12.5. The summed E-state index contributed by atoms with van der Waals surface area (Å²) in [5, 5.41) is 3.08. The van der Waals surface area contributed by atoms with Gasteiger partial charge < -0.3 is 16.0 Å². The average Bonchev–Trinajstić information content (AvgIpc) is 2.81. The predicted octanol–water partition coefficient (Wildman–Crippen LogP) is 2.44. The zero-order valence-electron chi connectivity index (χ0n) is 9.18. The number of hydrogen-bond acceptors (Lipinski definition) is 5. The number of benzene rings is 1. The topological polar surface area (TPSA) is 92.5 Å². The highest BCUT2D eigenvalue weighted by Gasteiger charge is 2.07. The monoisotopic (exact) mass is 304 g/mol. The van der Waals surface area contributed by atoms with Gasteiger partial charge in [-0.3, -0.25) is 0 Å². The third kappa shape index (κ3) is 2.00. The number of nitrogens with two attached hydrogens (primary N) is 1. The maximum Gasteiger partial charge on any atom is 0.231 e. The lowest BCUT2D eigenvalue weighted by molar-refractivity contribution is 1.20. The minimum Gasteiger partial charge on any atom is -0.382 e. The molecule has 0 aliphatic rings. The summed E-state index contributed by atoms with van der Waals surface area (Å²) >= 11 is 3.38. The average molecular weight is 305 g/mol. The fourth-order valence-electron chi connectivity index (χ4n) is 1.57. The van der Waals surface area contributed by atoms with Crippen molar-refractivity contribution in [2.45, 2.75) is 0 Å². The number of nitrogens with zero attached hydrogens (tertiary/aromatic N) is 3. The molecule has 7 heteroatoms. The number of halogens is 1. The van der Waals surface area contributed by atoms with Gasteiger partial charge in [0.05, 0.1) is 6.33 Å². The third-order valence-corrected chi connectivity index (χ3v) is 2.94. The number of aromatic nitrogens is 4. The third-order valence-electron chi connectivity index (χ3n) is 2.41. The second kappa shape index (κ2) is 4.26. The molecule has 0 aliphatic heterocycles. The summed E-state index contributed by atoms with van der Waals surface area (Å²) in [6, 6.07) is 7.69. The molecule has 4 N–H and O–H groups in total. The van der Waals surface area contributed by atoms with Crippen LogP contribution in [0.4, 0.5) is 17.5 Å². The Morgan fingerprint density at radius 2 is 1.94 bits per heavy atom. The van der Waals surface area contributed by atoms with Crippen LogP contribution >= 0.6 is 15.9 Å². The molecule has 0 saturated carbocycles. The molecule has 3 aromatic rings. The van der Waals surface area contributed by atoms with E-state index in [0.717, 1.165) is 10.2 Å². The zero-order valence-corrected chi connectivity index (χ0v) is 10.8. The molecule has 2 heterocycles. The van der Waals surface area contributed by atoms with Crippen molar-refractivity contribution in [1.82, 2.24) is 19.9 Å². The lowest BCUT2D eigenvalue weighted by Gasteiger charge is -2.05. The van der Waals surface area contributed by atoms with Crippen molar-refractivity contribution in [2.75, 3.05) is 11.1 Å². The number of anilines is 3. The standard InChI is InChI=1S/C11H9BrN6/c12-6-1-3-7(4-2-6)16-11-17-9(13)8-10(18-11)15-5-14-8/h1-5H,(H4,13,14,15,16,17,18). The summed E-state index contributed by atoms with van der Waals surface area (Å²) in [5.74, 6) is 0.798. The maximum atomic E-state index is 5.81. The number of H-pyrrole nitrogens is 1. The SMILES string of the molecule is Nc1nc(Nc2ccc(Br)cc2)nc2nc[nH]c12. The Hall–Kier alpha value is -2.15. The van der Waals surface area contributed by atoms with Crippen LogP contribution in [0.3, 0.4) is 0 Å². The van der Waals surface area contributed by atoms with Gasteiger partial charge in [-0.1, -0.05) is 15.9 Å². The van der Waals surface area contributed by atoms with Crippen LogP contribution in [0.5, 0.6) is 0 Å². The summed E-state index contributed by atoms with van der Waals surface area (Å²) in [7, 11) is 0. The molecule has 0 aliphatic carbocycles. The normalized spacial score (nSPS) is 10.7. The molecule has 18 heavy (non-hydrogen) atoms. The number of imidazole rings is 1. The van der Waals surface area contributed by atoms with Gasteiger partial charge in [0.1, 0.15) is 5.52 Å². The first-order valence-electron chi connectivity index (χ1n) is 5.21. The number of hydrogen-bond donors (Lipinski definition) is 3. The van der Waals surface area contributed by atoms with Gasteiger partial charge in [0, 0.05) is 10.2 Å². The number of nitrogen functional groups attached to an aromatic ring is 1. The van der Waals surface area contributed by atoms with Crippen molar-refractivity contribution >= 4 is 44.5 Å². The van der Waals surface area contributed by atoms with E-state index in [9.17, 15) is 0 Å².